The molecule has 0 heterocycles. The third-order valence-corrected chi connectivity index (χ3v) is 10.1. The third kappa shape index (κ3) is 5.25. The average molecular weight is 520 g/mol. The predicted octanol–water partition coefficient (Wildman–Crippen LogP) is 1.82. The van der Waals surface area contributed by atoms with Crippen LogP contribution in [0.25, 0.3) is 0 Å². The fourth-order valence-corrected chi connectivity index (χ4v) is 8.34. The number of hydrogen-bond acceptors (Lipinski definition) is 2. The second-order valence-electron chi connectivity index (χ2n) is 7.66. The summed E-state index contributed by atoms with van der Waals surface area (Å²) in [6.45, 7) is 0. The Labute approximate surface area is 207 Å². The van der Waals surface area contributed by atoms with Crippen LogP contribution in [0.1, 0.15) is 15.9 Å². The summed E-state index contributed by atoms with van der Waals surface area (Å²) in [7, 11) is 1.12. The lowest BCUT2D eigenvalue weighted by Crippen LogP contribution is -3.00. The number of carbonyl (C=O) groups excluding carboxylic acids is 1. The quantitative estimate of drug-likeness (QED) is 0.275. The molecule has 0 saturated carbocycles. The van der Waals surface area contributed by atoms with E-state index in [9.17, 15) is 4.79 Å². The van der Waals surface area contributed by atoms with E-state index in [1.54, 1.807) is 7.05 Å². The zero-order valence-electron chi connectivity index (χ0n) is 18.8. The summed E-state index contributed by atoms with van der Waals surface area (Å²) in [4.78, 5) is 17.8. The Morgan fingerprint density at radius 3 is 1.61 bits per heavy atom. The summed E-state index contributed by atoms with van der Waals surface area (Å²) in [6, 6.07) is 40.2. The highest BCUT2D eigenvalue weighted by Gasteiger charge is 2.45. The van der Waals surface area contributed by atoms with Gasteiger partial charge in [0.15, 0.2) is 0 Å². The van der Waals surface area contributed by atoms with Gasteiger partial charge < -0.3 is 17.0 Å². The van der Waals surface area contributed by atoms with Gasteiger partial charge in [-0.2, -0.15) is 0 Å². The number of halogens is 1. The lowest BCUT2D eigenvalue weighted by atomic mass is 10.1. The molecule has 4 aromatic rings. The molecular formula is C28H27BrNO2P. The molecule has 0 atom stereocenters. The van der Waals surface area contributed by atoms with Crippen LogP contribution >= 0.6 is 7.26 Å². The van der Waals surface area contributed by atoms with Crippen molar-refractivity contribution in [2.75, 3.05) is 14.2 Å². The van der Waals surface area contributed by atoms with E-state index in [1.165, 1.54) is 28.1 Å². The van der Waals surface area contributed by atoms with Gasteiger partial charge in [-0.1, -0.05) is 66.7 Å². The maximum Gasteiger partial charge on any atom is 0.277 e. The van der Waals surface area contributed by atoms with E-state index in [4.69, 9.17) is 4.84 Å². The van der Waals surface area contributed by atoms with E-state index in [0.29, 0.717) is 5.56 Å². The summed E-state index contributed by atoms with van der Waals surface area (Å²) >= 11 is 0. The molecule has 0 unspecified atom stereocenters. The van der Waals surface area contributed by atoms with E-state index in [0.717, 1.165) is 11.7 Å². The van der Waals surface area contributed by atoms with E-state index in [1.807, 2.05) is 18.2 Å². The Morgan fingerprint density at radius 2 is 1.18 bits per heavy atom. The van der Waals surface area contributed by atoms with Crippen molar-refractivity contribution in [3.63, 3.8) is 0 Å². The van der Waals surface area contributed by atoms with Crippen LogP contribution in [0.5, 0.6) is 0 Å². The minimum atomic E-state index is -2.01. The van der Waals surface area contributed by atoms with Gasteiger partial charge in [0.2, 0.25) is 0 Å². The molecule has 0 fully saturated rings. The van der Waals surface area contributed by atoms with Crippen molar-refractivity contribution in [3.8, 4) is 0 Å². The molecular weight excluding hydrogens is 493 g/mol. The summed E-state index contributed by atoms with van der Waals surface area (Å²) in [5, 5.41) is 5.22. The topological polar surface area (TPSA) is 29.5 Å². The van der Waals surface area contributed by atoms with Crippen molar-refractivity contribution >= 4 is 29.1 Å². The van der Waals surface area contributed by atoms with Crippen LogP contribution in [-0.2, 0) is 11.0 Å². The molecule has 1 amide bonds. The largest absolute Gasteiger partial charge is 1.00 e. The zero-order chi connectivity index (χ0) is 22.4. The highest BCUT2D eigenvalue weighted by Crippen LogP contribution is 2.58. The van der Waals surface area contributed by atoms with Crippen LogP contribution in [0, 0.1) is 0 Å². The first kappa shape index (κ1) is 24.9. The van der Waals surface area contributed by atoms with Gasteiger partial charge in [0.05, 0.1) is 13.3 Å². The number of amides is 1. The highest BCUT2D eigenvalue weighted by atomic mass is 79.9. The molecule has 168 valence electrons. The third-order valence-electron chi connectivity index (χ3n) is 5.74. The normalized spacial score (nSPS) is 10.8. The maximum atomic E-state index is 12.7. The molecule has 0 bridgehead atoms. The minimum absolute atomic E-state index is 0. The van der Waals surface area contributed by atoms with Gasteiger partial charge in [-0.15, -0.1) is 0 Å². The second kappa shape index (κ2) is 11.4. The van der Waals surface area contributed by atoms with Crippen LogP contribution in [0.2, 0.25) is 0 Å². The SMILES string of the molecule is CON(C)C(=O)c1cccc(C[P+](c2ccccc2)(c2ccccc2)c2ccccc2)c1.[Br-]. The van der Waals surface area contributed by atoms with Crippen molar-refractivity contribution in [1.82, 2.24) is 5.06 Å². The monoisotopic (exact) mass is 519 g/mol. The summed E-state index contributed by atoms with van der Waals surface area (Å²) < 4.78 is 0. The van der Waals surface area contributed by atoms with Crippen molar-refractivity contribution < 1.29 is 26.6 Å². The molecule has 0 saturated heterocycles. The van der Waals surface area contributed by atoms with Crippen molar-refractivity contribution in [2.45, 2.75) is 6.16 Å². The van der Waals surface area contributed by atoms with Crippen molar-refractivity contribution in [2.24, 2.45) is 0 Å². The Balaban J connectivity index is 0.00000306. The van der Waals surface area contributed by atoms with Gasteiger partial charge in [-0.3, -0.25) is 9.63 Å². The molecule has 0 aromatic heterocycles. The Hall–Kier alpha value is -2.78. The summed E-state index contributed by atoms with van der Waals surface area (Å²) in [5.74, 6) is -0.155. The molecule has 4 rings (SSSR count). The molecule has 5 heteroatoms. The Morgan fingerprint density at radius 1 is 0.727 bits per heavy atom. The van der Waals surface area contributed by atoms with Gasteiger partial charge in [0.25, 0.3) is 5.91 Å². The van der Waals surface area contributed by atoms with Crippen molar-refractivity contribution in [1.29, 1.82) is 0 Å². The smallest absolute Gasteiger partial charge is 0.277 e. The summed E-state index contributed by atoms with van der Waals surface area (Å²) in [6.07, 6.45) is 0.822. The van der Waals surface area contributed by atoms with Crippen LogP contribution in [-0.4, -0.2) is 25.1 Å². The molecule has 0 N–H and O–H groups in total. The maximum absolute atomic E-state index is 12.7. The Kier molecular flexibility index (Phi) is 8.57. The number of carbonyl (C=O) groups is 1. The number of hydrogen-bond donors (Lipinski definition) is 0. The van der Waals surface area contributed by atoms with Crippen LogP contribution < -0.4 is 32.9 Å². The van der Waals surface area contributed by atoms with Gasteiger partial charge in [-0.05, 0) is 54.1 Å². The first-order valence-electron chi connectivity index (χ1n) is 10.6. The molecule has 3 nitrogen and oxygen atoms in total. The lowest BCUT2D eigenvalue weighted by molar-refractivity contribution is -0.0757. The molecule has 0 spiro atoms. The fraction of sp³-hybridized carbons (Fsp3) is 0.107. The Bertz CT molecular complexity index is 1070. The van der Waals surface area contributed by atoms with Gasteiger partial charge >= 0.3 is 0 Å². The number of hydroxylamine groups is 2. The molecule has 4 aromatic carbocycles. The van der Waals surface area contributed by atoms with Crippen LogP contribution in [0.15, 0.2) is 115 Å². The first-order chi connectivity index (χ1) is 15.6. The number of rotatable bonds is 7. The van der Waals surface area contributed by atoms with E-state index in [2.05, 4.69) is 97.1 Å². The van der Waals surface area contributed by atoms with Crippen molar-refractivity contribution in [3.05, 3.63) is 126 Å². The van der Waals surface area contributed by atoms with E-state index >= 15 is 0 Å². The molecule has 0 aliphatic carbocycles. The van der Waals surface area contributed by atoms with E-state index in [-0.39, 0.29) is 22.9 Å². The standard InChI is InChI=1S/C28H27NO2P.BrH/c1-29(31-2)28(30)24-14-12-13-23(21-24)22-32(25-15-6-3-7-16-25,26-17-8-4-9-18-26)27-19-10-5-11-20-27;/h3-21H,22H2,1-2H3;1H/q+1;/p-1. The lowest BCUT2D eigenvalue weighted by Gasteiger charge is -2.28. The van der Waals surface area contributed by atoms with Crippen LogP contribution in [0.3, 0.4) is 0 Å². The van der Waals surface area contributed by atoms with Gasteiger partial charge in [-0.25, -0.2) is 5.06 Å². The minimum Gasteiger partial charge on any atom is -1.00 e. The second-order valence-corrected chi connectivity index (χ2v) is 11.1. The molecule has 0 aliphatic rings. The zero-order valence-corrected chi connectivity index (χ0v) is 21.2. The summed E-state index contributed by atoms with van der Waals surface area (Å²) in [5.41, 5.74) is 1.75. The predicted molar refractivity (Wildman–Crippen MR) is 134 cm³/mol. The average Bonchev–Trinajstić information content (AvgIpc) is 2.88. The molecule has 33 heavy (non-hydrogen) atoms. The highest BCUT2D eigenvalue weighted by molar-refractivity contribution is 7.95. The van der Waals surface area contributed by atoms with E-state index < -0.39 is 7.26 Å². The number of benzene rings is 4. The molecule has 0 radical (unpaired) electrons. The first-order valence-corrected chi connectivity index (χ1v) is 12.6. The fourth-order valence-electron chi connectivity index (χ4n) is 4.11. The van der Waals surface area contributed by atoms with Crippen LogP contribution in [0.4, 0.5) is 0 Å². The van der Waals surface area contributed by atoms with Gasteiger partial charge in [0, 0.05) is 12.6 Å². The molecule has 0 aliphatic heterocycles. The number of nitrogens with zero attached hydrogens (tertiary/aromatic N) is 1. The van der Waals surface area contributed by atoms with Gasteiger partial charge in [0.1, 0.15) is 23.2 Å².